The minimum Gasteiger partial charge on any atom is -0.495 e. The molecule has 1 aromatic rings. The predicted octanol–water partition coefficient (Wildman–Crippen LogP) is 4.39. The quantitative estimate of drug-likeness (QED) is 0.808. The summed E-state index contributed by atoms with van der Waals surface area (Å²) in [7, 11) is 3.22. The molecule has 1 unspecified atom stereocenters. The molecule has 2 rings (SSSR count). The number of benzene rings is 1. The van der Waals surface area contributed by atoms with Crippen LogP contribution < -0.4 is 9.47 Å². The number of rotatable bonds is 5. The molecule has 3 nitrogen and oxygen atoms in total. The lowest BCUT2D eigenvalue weighted by atomic mass is 9.92. The first-order valence-corrected chi connectivity index (χ1v) is 7.73. The van der Waals surface area contributed by atoms with Gasteiger partial charge in [0.2, 0.25) is 0 Å². The van der Waals surface area contributed by atoms with Crippen LogP contribution in [0, 0.1) is 0 Å². The Morgan fingerprint density at radius 2 is 2.05 bits per heavy atom. The third-order valence-electron chi connectivity index (χ3n) is 3.72. The summed E-state index contributed by atoms with van der Waals surface area (Å²) < 4.78 is 11.4. The Kier molecular flexibility index (Phi) is 5.49. The van der Waals surface area contributed by atoms with E-state index in [9.17, 15) is 5.11 Å². The Morgan fingerprint density at radius 1 is 1.25 bits per heavy atom. The zero-order valence-electron chi connectivity index (χ0n) is 12.0. The van der Waals surface area contributed by atoms with Gasteiger partial charge in [-0.3, -0.25) is 0 Å². The van der Waals surface area contributed by atoms with Crippen molar-refractivity contribution in [1.82, 2.24) is 0 Å². The molecule has 0 aromatic heterocycles. The fraction of sp³-hybridized carbons (Fsp3) is 0.500. The number of allylic oxidation sites excluding steroid dienone is 1. The average Bonchev–Trinajstić information content (AvgIpc) is 2.47. The maximum Gasteiger partial charge on any atom is 0.142 e. The lowest BCUT2D eigenvalue weighted by Gasteiger charge is -2.20. The van der Waals surface area contributed by atoms with Crippen molar-refractivity contribution in [3.63, 3.8) is 0 Å². The van der Waals surface area contributed by atoms with E-state index in [1.54, 1.807) is 14.2 Å². The van der Waals surface area contributed by atoms with E-state index in [1.165, 1.54) is 18.4 Å². The molecular weight excluding hydrogens is 320 g/mol. The molecule has 1 N–H and O–H groups in total. The molecule has 20 heavy (non-hydrogen) atoms. The minimum atomic E-state index is -0.545. The van der Waals surface area contributed by atoms with Gasteiger partial charge in [0, 0.05) is 5.56 Å². The fourth-order valence-electron chi connectivity index (χ4n) is 2.63. The lowest BCUT2D eigenvalue weighted by Crippen LogP contribution is -2.05. The smallest absolute Gasteiger partial charge is 0.142 e. The standard InChI is InChI=1S/C16H21BrO3/c1-19-14-9-8-12(16(20-2)15(14)17)13(18)10-11-6-4-3-5-7-11/h6,8-9,13,18H,3-5,7,10H2,1-2H3. The molecule has 0 spiro atoms. The summed E-state index contributed by atoms with van der Waals surface area (Å²) in [5.74, 6) is 1.35. The van der Waals surface area contributed by atoms with Gasteiger partial charge in [0.15, 0.2) is 0 Å². The van der Waals surface area contributed by atoms with Crippen LogP contribution in [0.2, 0.25) is 0 Å². The monoisotopic (exact) mass is 340 g/mol. The van der Waals surface area contributed by atoms with Crippen LogP contribution in [0.25, 0.3) is 0 Å². The van der Waals surface area contributed by atoms with Crippen LogP contribution in [-0.2, 0) is 0 Å². The van der Waals surface area contributed by atoms with E-state index in [2.05, 4.69) is 22.0 Å². The highest BCUT2D eigenvalue weighted by atomic mass is 79.9. The third kappa shape index (κ3) is 3.36. The zero-order chi connectivity index (χ0) is 14.5. The van der Waals surface area contributed by atoms with Gasteiger partial charge in [-0.2, -0.15) is 0 Å². The van der Waals surface area contributed by atoms with Crippen molar-refractivity contribution in [2.24, 2.45) is 0 Å². The number of aliphatic hydroxyl groups is 1. The van der Waals surface area contributed by atoms with Crippen molar-refractivity contribution in [3.05, 3.63) is 33.8 Å². The molecule has 0 saturated heterocycles. The fourth-order valence-corrected chi connectivity index (χ4v) is 3.31. The molecule has 0 heterocycles. The van der Waals surface area contributed by atoms with Crippen molar-refractivity contribution in [3.8, 4) is 11.5 Å². The number of halogens is 1. The molecule has 0 amide bonds. The molecule has 4 heteroatoms. The molecule has 1 aliphatic rings. The summed E-state index contributed by atoms with van der Waals surface area (Å²) in [6, 6.07) is 3.72. The Balaban J connectivity index is 2.22. The van der Waals surface area contributed by atoms with E-state index in [0.29, 0.717) is 17.9 Å². The van der Waals surface area contributed by atoms with Crippen LogP contribution >= 0.6 is 15.9 Å². The van der Waals surface area contributed by atoms with E-state index in [1.807, 2.05) is 12.1 Å². The maximum atomic E-state index is 10.5. The van der Waals surface area contributed by atoms with E-state index >= 15 is 0 Å². The normalized spacial score (nSPS) is 16.5. The average molecular weight is 341 g/mol. The number of methoxy groups -OCH3 is 2. The topological polar surface area (TPSA) is 38.7 Å². The van der Waals surface area contributed by atoms with Crippen molar-refractivity contribution in [1.29, 1.82) is 0 Å². The molecule has 110 valence electrons. The number of hydrogen-bond donors (Lipinski definition) is 1. The highest BCUT2D eigenvalue weighted by Gasteiger charge is 2.20. The van der Waals surface area contributed by atoms with E-state index < -0.39 is 6.10 Å². The molecular formula is C16H21BrO3. The van der Waals surface area contributed by atoms with E-state index in [0.717, 1.165) is 22.9 Å². The Morgan fingerprint density at radius 3 is 2.65 bits per heavy atom. The highest BCUT2D eigenvalue weighted by molar-refractivity contribution is 9.10. The maximum absolute atomic E-state index is 10.5. The first-order chi connectivity index (χ1) is 9.67. The molecule has 0 bridgehead atoms. The summed E-state index contributed by atoms with van der Waals surface area (Å²) in [5, 5.41) is 10.5. The second-order valence-corrected chi connectivity index (χ2v) is 5.83. The van der Waals surface area contributed by atoms with Crippen molar-refractivity contribution < 1.29 is 14.6 Å². The Labute approximate surface area is 128 Å². The van der Waals surface area contributed by atoms with Crippen molar-refractivity contribution in [2.75, 3.05) is 14.2 Å². The summed E-state index contributed by atoms with van der Waals surface area (Å²) in [5.41, 5.74) is 2.14. The number of aliphatic hydroxyl groups excluding tert-OH is 1. The van der Waals surface area contributed by atoms with Gasteiger partial charge in [-0.15, -0.1) is 0 Å². The van der Waals surface area contributed by atoms with Gasteiger partial charge < -0.3 is 14.6 Å². The van der Waals surface area contributed by atoms with Crippen LogP contribution in [0.5, 0.6) is 11.5 Å². The van der Waals surface area contributed by atoms with Gasteiger partial charge in [-0.1, -0.05) is 11.6 Å². The summed E-state index contributed by atoms with van der Waals surface area (Å²) >= 11 is 3.47. The Bertz CT molecular complexity index is 497. The van der Waals surface area contributed by atoms with Crippen LogP contribution in [0.15, 0.2) is 28.3 Å². The molecule has 0 aliphatic heterocycles. The first kappa shape index (κ1) is 15.4. The minimum absolute atomic E-state index is 0.545. The molecule has 1 aliphatic carbocycles. The van der Waals surface area contributed by atoms with Crippen LogP contribution in [0.4, 0.5) is 0 Å². The zero-order valence-corrected chi connectivity index (χ0v) is 13.6. The molecule has 0 saturated carbocycles. The van der Waals surface area contributed by atoms with Gasteiger partial charge in [-0.25, -0.2) is 0 Å². The van der Waals surface area contributed by atoms with Gasteiger partial charge in [0.05, 0.1) is 20.3 Å². The summed E-state index contributed by atoms with van der Waals surface area (Å²) in [6.45, 7) is 0. The van der Waals surface area contributed by atoms with E-state index in [-0.39, 0.29) is 0 Å². The van der Waals surface area contributed by atoms with Crippen LogP contribution in [0.3, 0.4) is 0 Å². The number of hydrogen-bond acceptors (Lipinski definition) is 3. The third-order valence-corrected chi connectivity index (χ3v) is 4.47. The molecule has 0 radical (unpaired) electrons. The second kappa shape index (κ2) is 7.14. The van der Waals surface area contributed by atoms with Gasteiger partial charge >= 0.3 is 0 Å². The molecule has 0 fully saturated rings. The van der Waals surface area contributed by atoms with Crippen molar-refractivity contribution in [2.45, 2.75) is 38.2 Å². The second-order valence-electron chi connectivity index (χ2n) is 5.03. The molecule has 1 aromatic carbocycles. The van der Waals surface area contributed by atoms with Gasteiger partial charge in [-0.05, 0) is 60.2 Å². The predicted molar refractivity (Wildman–Crippen MR) is 83.4 cm³/mol. The SMILES string of the molecule is COc1ccc(C(O)CC2=CCCCC2)c(OC)c1Br. The van der Waals surface area contributed by atoms with Gasteiger partial charge in [0.25, 0.3) is 0 Å². The van der Waals surface area contributed by atoms with Crippen LogP contribution in [-0.4, -0.2) is 19.3 Å². The highest BCUT2D eigenvalue weighted by Crippen LogP contribution is 2.41. The first-order valence-electron chi connectivity index (χ1n) is 6.93. The van der Waals surface area contributed by atoms with Gasteiger partial charge in [0.1, 0.15) is 16.0 Å². The summed E-state index contributed by atoms with van der Waals surface area (Å²) in [6.07, 6.45) is 7.10. The van der Waals surface area contributed by atoms with Crippen molar-refractivity contribution >= 4 is 15.9 Å². The summed E-state index contributed by atoms with van der Waals surface area (Å²) in [4.78, 5) is 0. The number of ether oxygens (including phenoxy) is 2. The Hall–Kier alpha value is -1.00. The van der Waals surface area contributed by atoms with Crippen LogP contribution in [0.1, 0.15) is 43.8 Å². The lowest BCUT2D eigenvalue weighted by molar-refractivity contribution is 0.172. The largest absolute Gasteiger partial charge is 0.495 e. The van der Waals surface area contributed by atoms with E-state index in [4.69, 9.17) is 9.47 Å². The molecule has 1 atom stereocenters.